The lowest BCUT2D eigenvalue weighted by atomic mass is 10.2. The van der Waals surface area contributed by atoms with Gasteiger partial charge in [0.2, 0.25) is 4.77 Å². The van der Waals surface area contributed by atoms with E-state index in [0.717, 1.165) is 11.1 Å². The molecule has 0 aliphatic rings. The first-order chi connectivity index (χ1) is 15.6. The maximum Gasteiger partial charge on any atom is 0.214 e. The zero-order valence-electron chi connectivity index (χ0n) is 17.1. The van der Waals surface area contributed by atoms with Crippen LogP contribution in [0.1, 0.15) is 11.1 Å². The summed E-state index contributed by atoms with van der Waals surface area (Å²) in [6, 6.07) is 20.0. The van der Waals surface area contributed by atoms with Crippen LogP contribution in [0.3, 0.4) is 0 Å². The van der Waals surface area contributed by atoms with Crippen molar-refractivity contribution in [3.05, 3.63) is 92.9 Å². The molecule has 164 valence electrons. The molecule has 6 nitrogen and oxygen atoms in total. The number of H-pyrrole nitrogens is 1. The second-order valence-electron chi connectivity index (χ2n) is 6.88. The predicted octanol–water partition coefficient (Wildman–Crippen LogP) is 5.84. The van der Waals surface area contributed by atoms with Gasteiger partial charge < -0.3 is 14.9 Å². The molecular weight excluding hydrogens is 495 g/mol. The summed E-state index contributed by atoms with van der Waals surface area (Å²) in [5.41, 5.74) is 5.62. The van der Waals surface area contributed by atoms with Crippen molar-refractivity contribution >= 4 is 28.1 Å². The van der Waals surface area contributed by atoms with E-state index in [-0.39, 0.29) is 12.4 Å². The Bertz CT molecular complexity index is 1280. The molecule has 3 aromatic carbocycles. The second-order valence-corrected chi connectivity index (χ2v) is 8.12. The van der Waals surface area contributed by atoms with Gasteiger partial charge in [0.25, 0.3) is 0 Å². The maximum atomic E-state index is 13.9. The van der Waals surface area contributed by atoms with E-state index >= 15 is 0 Å². The zero-order valence-corrected chi connectivity index (χ0v) is 19.5. The lowest BCUT2D eigenvalue weighted by molar-refractivity contribution is 0.277. The van der Waals surface area contributed by atoms with E-state index in [9.17, 15) is 4.39 Å². The van der Waals surface area contributed by atoms with E-state index in [1.54, 1.807) is 30.0 Å². The smallest absolute Gasteiger partial charge is 0.214 e. The minimum Gasteiger partial charge on any atom is -0.493 e. The number of ether oxygens (including phenoxy) is 2. The lowest BCUT2D eigenvalue weighted by Crippen LogP contribution is -2.16. The van der Waals surface area contributed by atoms with Crippen LogP contribution in [-0.2, 0) is 13.2 Å². The van der Waals surface area contributed by atoms with Gasteiger partial charge in [-0.1, -0.05) is 48.5 Å². The third kappa shape index (κ3) is 4.84. The molecule has 9 heteroatoms. The number of benzene rings is 3. The largest absolute Gasteiger partial charge is 0.493 e. The Hall–Kier alpha value is -3.17. The minimum absolute atomic E-state index is 0.0872. The van der Waals surface area contributed by atoms with E-state index in [1.807, 2.05) is 42.5 Å². The summed E-state index contributed by atoms with van der Waals surface area (Å²) >= 11 is 8.92. The highest BCUT2D eigenvalue weighted by molar-refractivity contribution is 9.10. The van der Waals surface area contributed by atoms with Crippen molar-refractivity contribution in [2.45, 2.75) is 13.2 Å². The summed E-state index contributed by atoms with van der Waals surface area (Å²) in [4.78, 5) is 0. The van der Waals surface area contributed by atoms with Gasteiger partial charge in [0, 0.05) is 11.1 Å². The summed E-state index contributed by atoms with van der Waals surface area (Å²) in [7, 11) is 1.56. The molecule has 0 saturated carbocycles. The number of halogens is 2. The molecule has 1 heterocycles. The van der Waals surface area contributed by atoms with E-state index in [0.29, 0.717) is 38.7 Å². The standard InChI is InChI=1S/C23H20BrFN4O2S/c1-30-20-12-15(11-18(24)21(20)31-14-17-9-5-6-10-19(17)25)13-26-29-22(27-28-23(29)32)16-7-3-2-4-8-16/h2-12,26H,13-14H2,1H3,(H,28,32). The van der Waals surface area contributed by atoms with Crippen LogP contribution in [0.15, 0.2) is 71.2 Å². The first-order valence-corrected chi connectivity index (χ1v) is 11.0. The van der Waals surface area contributed by atoms with Gasteiger partial charge in [-0.05, 0) is 51.9 Å². The molecule has 1 aromatic heterocycles. The van der Waals surface area contributed by atoms with Gasteiger partial charge in [0.15, 0.2) is 17.3 Å². The molecule has 4 rings (SSSR count). The second kappa shape index (κ2) is 9.97. The number of aromatic amines is 1. The molecule has 0 bridgehead atoms. The monoisotopic (exact) mass is 514 g/mol. The lowest BCUT2D eigenvalue weighted by Gasteiger charge is -2.16. The molecular formula is C23H20BrFN4O2S. The Morgan fingerprint density at radius 2 is 1.88 bits per heavy atom. The van der Waals surface area contributed by atoms with E-state index in [2.05, 4.69) is 31.6 Å². The SMILES string of the molecule is COc1cc(CNn2c(-c3ccccc3)n[nH]c2=S)cc(Br)c1OCc1ccccc1F. The van der Waals surface area contributed by atoms with Crippen molar-refractivity contribution in [3.8, 4) is 22.9 Å². The topological polar surface area (TPSA) is 64.1 Å². The molecule has 0 fully saturated rings. The molecule has 0 unspecified atom stereocenters. The van der Waals surface area contributed by atoms with Gasteiger partial charge in [-0.25, -0.2) is 14.2 Å². The van der Waals surface area contributed by atoms with Gasteiger partial charge in [-0.15, -0.1) is 0 Å². The Balaban J connectivity index is 1.52. The Labute approximate surface area is 198 Å². The normalized spacial score (nSPS) is 10.7. The highest BCUT2D eigenvalue weighted by Crippen LogP contribution is 2.37. The van der Waals surface area contributed by atoms with Crippen LogP contribution in [0.2, 0.25) is 0 Å². The zero-order chi connectivity index (χ0) is 22.5. The van der Waals surface area contributed by atoms with Crippen LogP contribution in [-0.4, -0.2) is 22.0 Å². The third-order valence-corrected chi connectivity index (χ3v) is 5.63. The first-order valence-electron chi connectivity index (χ1n) is 9.76. The number of methoxy groups -OCH3 is 1. The van der Waals surface area contributed by atoms with Gasteiger partial charge in [-0.2, -0.15) is 5.10 Å². The van der Waals surface area contributed by atoms with Crippen LogP contribution in [0, 0.1) is 10.6 Å². The van der Waals surface area contributed by atoms with Crippen LogP contribution < -0.4 is 14.9 Å². The molecule has 4 aromatic rings. The fraction of sp³-hybridized carbons (Fsp3) is 0.130. The summed E-state index contributed by atoms with van der Waals surface area (Å²) in [6.45, 7) is 0.542. The van der Waals surface area contributed by atoms with Gasteiger partial charge in [0.1, 0.15) is 12.4 Å². The van der Waals surface area contributed by atoms with Gasteiger partial charge in [0.05, 0.1) is 18.1 Å². The fourth-order valence-corrected chi connectivity index (χ4v) is 3.98. The van der Waals surface area contributed by atoms with Crippen molar-refractivity contribution in [1.29, 1.82) is 0 Å². The summed E-state index contributed by atoms with van der Waals surface area (Å²) in [5, 5.41) is 7.14. The van der Waals surface area contributed by atoms with Crippen molar-refractivity contribution in [2.75, 3.05) is 12.5 Å². The van der Waals surface area contributed by atoms with Crippen LogP contribution in [0.25, 0.3) is 11.4 Å². The summed E-state index contributed by atoms with van der Waals surface area (Å²) < 4.78 is 28.2. The number of rotatable bonds is 8. The van der Waals surface area contributed by atoms with Crippen molar-refractivity contribution < 1.29 is 13.9 Å². The maximum absolute atomic E-state index is 13.9. The Morgan fingerprint density at radius 1 is 1.12 bits per heavy atom. The van der Waals surface area contributed by atoms with Gasteiger partial charge in [-0.3, -0.25) is 0 Å². The molecule has 0 aliphatic carbocycles. The summed E-state index contributed by atoms with van der Waals surface area (Å²) in [5.74, 6) is 1.41. The Morgan fingerprint density at radius 3 is 2.62 bits per heavy atom. The highest BCUT2D eigenvalue weighted by atomic mass is 79.9. The number of nitrogens with zero attached hydrogens (tertiary/aromatic N) is 2. The van der Waals surface area contributed by atoms with Crippen LogP contribution in [0.4, 0.5) is 4.39 Å². The van der Waals surface area contributed by atoms with Crippen LogP contribution in [0.5, 0.6) is 11.5 Å². The quantitative estimate of drug-likeness (QED) is 0.289. The number of aromatic nitrogens is 3. The van der Waals surface area contributed by atoms with E-state index in [4.69, 9.17) is 21.7 Å². The first kappa shape index (κ1) is 22.0. The third-order valence-electron chi connectivity index (χ3n) is 4.76. The molecule has 2 N–H and O–H groups in total. The minimum atomic E-state index is -0.311. The molecule has 0 amide bonds. The predicted molar refractivity (Wildman–Crippen MR) is 127 cm³/mol. The van der Waals surface area contributed by atoms with Gasteiger partial charge >= 0.3 is 0 Å². The molecule has 0 atom stereocenters. The molecule has 0 spiro atoms. The van der Waals surface area contributed by atoms with E-state index in [1.165, 1.54) is 6.07 Å². The van der Waals surface area contributed by atoms with Crippen molar-refractivity contribution in [3.63, 3.8) is 0 Å². The van der Waals surface area contributed by atoms with Crippen molar-refractivity contribution in [2.24, 2.45) is 0 Å². The van der Waals surface area contributed by atoms with Crippen molar-refractivity contribution in [1.82, 2.24) is 14.9 Å². The Kier molecular flexibility index (Phi) is 6.87. The highest BCUT2D eigenvalue weighted by Gasteiger charge is 2.14. The molecule has 0 radical (unpaired) electrons. The summed E-state index contributed by atoms with van der Waals surface area (Å²) in [6.07, 6.45) is 0. The molecule has 0 aliphatic heterocycles. The van der Waals surface area contributed by atoms with Crippen LogP contribution >= 0.6 is 28.1 Å². The molecule has 32 heavy (non-hydrogen) atoms. The fourth-order valence-electron chi connectivity index (χ4n) is 3.18. The average Bonchev–Trinajstić information content (AvgIpc) is 3.18. The molecule has 0 saturated heterocycles. The number of hydrogen-bond donors (Lipinski definition) is 2. The number of hydrogen-bond acceptors (Lipinski definition) is 5. The number of nitrogens with one attached hydrogen (secondary N) is 2. The average molecular weight is 515 g/mol. The van der Waals surface area contributed by atoms with E-state index < -0.39 is 0 Å².